The second-order valence-electron chi connectivity index (χ2n) is 16.1. The maximum atomic E-state index is 5.31. The Kier molecular flexibility index (Phi) is 7.20. The van der Waals surface area contributed by atoms with Crippen molar-refractivity contribution in [1.29, 1.82) is 0 Å². The van der Waals surface area contributed by atoms with E-state index < -0.39 is 0 Å². The van der Waals surface area contributed by atoms with Crippen LogP contribution in [0, 0.1) is 0 Å². The first-order valence-electron chi connectivity index (χ1n) is 20.2. The molecule has 5 nitrogen and oxygen atoms in total. The lowest BCUT2D eigenvalue weighted by molar-refractivity contribution is 0.660. The third-order valence-electron chi connectivity index (χ3n) is 12.4. The SMILES string of the molecule is CC1(C)c2ccccc2-c2c(-c3ccc(-c4cccc(-c5nc(-n6c7ccccc7c7ccccc76)nc(-n6c7ccccc7c7ccccc76)n5)c4)cc3)cccc21. The summed E-state index contributed by atoms with van der Waals surface area (Å²) in [4.78, 5) is 15.9. The molecule has 3 aromatic heterocycles. The minimum atomic E-state index is -0.0415. The summed E-state index contributed by atoms with van der Waals surface area (Å²) < 4.78 is 4.35. The monoisotopic (exact) mass is 755 g/mol. The lowest BCUT2D eigenvalue weighted by Crippen LogP contribution is -2.14. The molecule has 8 aromatic carbocycles. The summed E-state index contributed by atoms with van der Waals surface area (Å²) in [5, 5.41) is 4.62. The summed E-state index contributed by atoms with van der Waals surface area (Å²) in [6.07, 6.45) is 0. The zero-order valence-corrected chi connectivity index (χ0v) is 32.6. The summed E-state index contributed by atoms with van der Waals surface area (Å²) in [7, 11) is 0. The van der Waals surface area contributed by atoms with E-state index in [9.17, 15) is 0 Å². The molecule has 0 radical (unpaired) electrons. The Morgan fingerprint density at radius 1 is 0.356 bits per heavy atom. The Bertz CT molecular complexity index is 3240. The molecule has 1 aliphatic carbocycles. The molecule has 0 bridgehead atoms. The standard InChI is InChI=1S/C54H37N5/c1-54(2)44-23-8-3-21-43(44)50-38(22-14-24-45(50)54)35-31-29-34(30-32-35)36-15-13-16-37(33-36)51-55-52(58-46-25-9-4-17-39(46)40-18-5-10-26-47(40)58)57-53(56-51)59-48-27-11-6-19-41(48)42-20-7-12-28-49(42)59/h3-33H,1-2H3. The summed E-state index contributed by atoms with van der Waals surface area (Å²) >= 11 is 0. The number of fused-ring (bicyclic) bond motifs is 9. The van der Waals surface area contributed by atoms with Gasteiger partial charge in [-0.1, -0.05) is 172 Å². The van der Waals surface area contributed by atoms with Gasteiger partial charge in [0.1, 0.15) is 0 Å². The molecule has 59 heavy (non-hydrogen) atoms. The fraction of sp³-hybridized carbons (Fsp3) is 0.0556. The van der Waals surface area contributed by atoms with Crippen molar-refractivity contribution < 1.29 is 0 Å². The molecule has 5 heteroatoms. The summed E-state index contributed by atoms with van der Waals surface area (Å²) in [6, 6.07) is 67.1. The van der Waals surface area contributed by atoms with Crippen LogP contribution in [0.3, 0.4) is 0 Å². The van der Waals surface area contributed by atoms with Gasteiger partial charge in [-0.15, -0.1) is 0 Å². The van der Waals surface area contributed by atoms with Crippen LogP contribution < -0.4 is 0 Å². The Morgan fingerprint density at radius 2 is 0.797 bits per heavy atom. The van der Waals surface area contributed by atoms with E-state index >= 15 is 0 Å². The number of para-hydroxylation sites is 4. The largest absolute Gasteiger partial charge is 0.278 e. The van der Waals surface area contributed by atoms with Crippen LogP contribution in [-0.2, 0) is 5.41 Å². The number of rotatable bonds is 5. The zero-order valence-electron chi connectivity index (χ0n) is 32.6. The van der Waals surface area contributed by atoms with Crippen LogP contribution in [0.5, 0.6) is 0 Å². The normalized spacial score (nSPS) is 13.1. The summed E-state index contributed by atoms with van der Waals surface area (Å²) in [6.45, 7) is 4.67. The van der Waals surface area contributed by atoms with E-state index in [-0.39, 0.29) is 5.41 Å². The first kappa shape index (κ1) is 33.5. The predicted octanol–water partition coefficient (Wildman–Crippen LogP) is 13.4. The number of benzene rings is 8. The molecular weight excluding hydrogens is 719 g/mol. The molecule has 0 fully saturated rings. The van der Waals surface area contributed by atoms with Gasteiger partial charge in [-0.2, -0.15) is 15.0 Å². The average Bonchev–Trinajstić information content (AvgIpc) is 3.90. The van der Waals surface area contributed by atoms with Crippen molar-refractivity contribution in [3.8, 4) is 56.7 Å². The Labute approximate surface area is 341 Å². The van der Waals surface area contributed by atoms with Gasteiger partial charge >= 0.3 is 0 Å². The fourth-order valence-electron chi connectivity index (χ4n) is 9.63. The van der Waals surface area contributed by atoms with E-state index in [0.717, 1.165) is 60.3 Å². The number of hydrogen-bond donors (Lipinski definition) is 0. The van der Waals surface area contributed by atoms with Gasteiger partial charge in [-0.25, -0.2) is 0 Å². The lowest BCUT2D eigenvalue weighted by atomic mass is 9.82. The Hall–Kier alpha value is -7.63. The minimum absolute atomic E-state index is 0.0415. The molecule has 278 valence electrons. The van der Waals surface area contributed by atoms with Crippen LogP contribution in [0.2, 0.25) is 0 Å². The predicted molar refractivity (Wildman–Crippen MR) is 242 cm³/mol. The average molecular weight is 756 g/mol. The van der Waals surface area contributed by atoms with Crippen LogP contribution in [-0.4, -0.2) is 24.1 Å². The molecule has 3 heterocycles. The van der Waals surface area contributed by atoms with Crippen LogP contribution in [0.4, 0.5) is 0 Å². The highest BCUT2D eigenvalue weighted by molar-refractivity contribution is 6.10. The third-order valence-corrected chi connectivity index (χ3v) is 12.4. The summed E-state index contributed by atoms with van der Waals surface area (Å²) in [5.41, 5.74) is 15.2. The smallest absolute Gasteiger partial charge is 0.240 e. The van der Waals surface area contributed by atoms with Crippen LogP contribution in [0.25, 0.3) is 100 Å². The van der Waals surface area contributed by atoms with Gasteiger partial charge < -0.3 is 0 Å². The van der Waals surface area contributed by atoms with E-state index in [2.05, 4.69) is 211 Å². The van der Waals surface area contributed by atoms with Gasteiger partial charge in [0.15, 0.2) is 5.82 Å². The van der Waals surface area contributed by atoms with Crippen LogP contribution in [0.1, 0.15) is 25.0 Å². The van der Waals surface area contributed by atoms with Gasteiger partial charge in [-0.05, 0) is 74.8 Å². The van der Waals surface area contributed by atoms with Crippen molar-refractivity contribution in [3.63, 3.8) is 0 Å². The highest BCUT2D eigenvalue weighted by Gasteiger charge is 2.36. The molecule has 11 aromatic rings. The van der Waals surface area contributed by atoms with Crippen molar-refractivity contribution in [1.82, 2.24) is 24.1 Å². The molecule has 0 spiro atoms. The Morgan fingerprint density at radius 3 is 1.37 bits per heavy atom. The van der Waals surface area contributed by atoms with E-state index in [0.29, 0.717) is 17.7 Å². The van der Waals surface area contributed by atoms with Gasteiger partial charge in [0.25, 0.3) is 0 Å². The molecule has 0 saturated carbocycles. The zero-order chi connectivity index (χ0) is 39.2. The minimum Gasteiger partial charge on any atom is -0.278 e. The molecule has 0 atom stereocenters. The highest BCUT2D eigenvalue weighted by Crippen LogP contribution is 2.52. The molecular formula is C54H37N5. The number of aromatic nitrogens is 5. The second-order valence-corrected chi connectivity index (χ2v) is 16.1. The molecule has 0 saturated heterocycles. The molecule has 0 N–H and O–H groups in total. The van der Waals surface area contributed by atoms with Crippen molar-refractivity contribution >= 4 is 43.6 Å². The fourth-order valence-corrected chi connectivity index (χ4v) is 9.63. The van der Waals surface area contributed by atoms with E-state index in [1.165, 1.54) is 33.4 Å². The third kappa shape index (κ3) is 5.01. The first-order chi connectivity index (χ1) is 29.0. The lowest BCUT2D eigenvalue weighted by Gasteiger charge is -2.21. The highest BCUT2D eigenvalue weighted by atomic mass is 15.3. The maximum absolute atomic E-state index is 5.31. The maximum Gasteiger partial charge on any atom is 0.240 e. The Balaban J connectivity index is 1.02. The molecule has 0 amide bonds. The van der Waals surface area contributed by atoms with Crippen LogP contribution in [0.15, 0.2) is 188 Å². The van der Waals surface area contributed by atoms with Gasteiger partial charge in [0.2, 0.25) is 11.9 Å². The van der Waals surface area contributed by atoms with Crippen molar-refractivity contribution in [3.05, 3.63) is 199 Å². The van der Waals surface area contributed by atoms with E-state index in [1.807, 2.05) is 0 Å². The van der Waals surface area contributed by atoms with Gasteiger partial charge in [-0.3, -0.25) is 9.13 Å². The topological polar surface area (TPSA) is 48.5 Å². The quantitative estimate of drug-likeness (QED) is 0.176. The van der Waals surface area contributed by atoms with Crippen molar-refractivity contribution in [2.24, 2.45) is 0 Å². The van der Waals surface area contributed by atoms with Crippen molar-refractivity contribution in [2.45, 2.75) is 19.3 Å². The molecule has 1 aliphatic rings. The first-order valence-corrected chi connectivity index (χ1v) is 20.2. The molecule has 0 aliphatic heterocycles. The number of hydrogen-bond acceptors (Lipinski definition) is 3. The molecule has 0 unspecified atom stereocenters. The number of nitrogens with zero attached hydrogens (tertiary/aromatic N) is 5. The second kappa shape index (κ2) is 12.7. The van der Waals surface area contributed by atoms with Gasteiger partial charge in [0.05, 0.1) is 22.1 Å². The van der Waals surface area contributed by atoms with Crippen LogP contribution >= 0.6 is 0 Å². The van der Waals surface area contributed by atoms with Gasteiger partial charge in [0, 0.05) is 32.5 Å². The van der Waals surface area contributed by atoms with Crippen molar-refractivity contribution in [2.75, 3.05) is 0 Å². The van der Waals surface area contributed by atoms with E-state index in [1.54, 1.807) is 0 Å². The summed E-state index contributed by atoms with van der Waals surface area (Å²) in [5.74, 6) is 1.74. The molecule has 12 rings (SSSR count). The van der Waals surface area contributed by atoms with E-state index in [4.69, 9.17) is 15.0 Å².